The van der Waals surface area contributed by atoms with Crippen molar-refractivity contribution in [1.82, 2.24) is 34.3 Å². The van der Waals surface area contributed by atoms with Gasteiger partial charge >= 0.3 is 0 Å². The Balaban J connectivity index is 1.33. The van der Waals surface area contributed by atoms with Gasteiger partial charge in [0.15, 0.2) is 22.5 Å². The molecule has 250 valence electrons. The minimum Gasteiger partial charge on any atom is -0.376 e. The number of fused-ring (bicyclic) bond motifs is 2. The zero-order valence-electron chi connectivity index (χ0n) is 27.7. The first-order chi connectivity index (χ1) is 21.6. The summed E-state index contributed by atoms with van der Waals surface area (Å²) in [5.41, 5.74) is 2.84. The minimum absolute atomic E-state index is 0.0108. The van der Waals surface area contributed by atoms with E-state index in [0.29, 0.717) is 58.6 Å². The van der Waals surface area contributed by atoms with Crippen LogP contribution in [-0.4, -0.2) is 79.3 Å². The third-order valence-corrected chi connectivity index (χ3v) is 12.1. The van der Waals surface area contributed by atoms with Crippen molar-refractivity contribution in [2.45, 2.75) is 89.6 Å². The quantitative estimate of drug-likeness (QED) is 0.292. The first kappa shape index (κ1) is 33.4. The van der Waals surface area contributed by atoms with E-state index in [-0.39, 0.29) is 28.9 Å². The van der Waals surface area contributed by atoms with Gasteiger partial charge in [-0.25, -0.2) is 27.8 Å². The lowest BCUT2D eigenvalue weighted by molar-refractivity contribution is 0.0973. The summed E-state index contributed by atoms with van der Waals surface area (Å²) >= 11 is 5.28. The molecule has 2 aliphatic rings. The van der Waals surface area contributed by atoms with Crippen LogP contribution in [0.25, 0.3) is 27.8 Å². The highest BCUT2D eigenvalue weighted by atomic mass is 35.5. The molecule has 5 heterocycles. The van der Waals surface area contributed by atoms with E-state index in [1.807, 2.05) is 66.9 Å². The number of ether oxygens (including phenoxy) is 1. The molecule has 1 N–H and O–H groups in total. The van der Waals surface area contributed by atoms with Crippen molar-refractivity contribution >= 4 is 61.6 Å². The molecule has 3 aromatic heterocycles. The zero-order valence-corrected chi connectivity index (χ0v) is 30.1. The van der Waals surface area contributed by atoms with Gasteiger partial charge in [-0.3, -0.25) is 8.86 Å². The summed E-state index contributed by atoms with van der Waals surface area (Å²) in [5.74, 6) is 0.675. The van der Waals surface area contributed by atoms with Crippen LogP contribution in [0.15, 0.2) is 24.5 Å². The van der Waals surface area contributed by atoms with Crippen molar-refractivity contribution in [1.29, 1.82) is 0 Å². The molecule has 2 aliphatic heterocycles. The van der Waals surface area contributed by atoms with Gasteiger partial charge in [0.2, 0.25) is 0 Å². The number of aryl methyl sites for hydroxylation is 1. The van der Waals surface area contributed by atoms with Crippen LogP contribution in [0, 0.1) is 5.41 Å². The Hall–Kier alpha value is -2.49. The molecule has 15 heteroatoms. The molecule has 2 saturated heterocycles. The predicted molar refractivity (Wildman–Crippen MR) is 183 cm³/mol. The van der Waals surface area contributed by atoms with Gasteiger partial charge in [0, 0.05) is 37.1 Å². The molecule has 4 aromatic rings. The first-order valence-electron chi connectivity index (χ1n) is 15.5. The molecule has 4 atom stereocenters. The van der Waals surface area contributed by atoms with Crippen LogP contribution in [0.1, 0.15) is 67.0 Å². The van der Waals surface area contributed by atoms with Crippen LogP contribution in [0.2, 0.25) is 5.02 Å². The number of anilines is 1. The highest BCUT2D eigenvalue weighted by Gasteiger charge is 2.51. The number of hydrogen-bond donors (Lipinski definition) is 1. The molecule has 0 amide bonds. The summed E-state index contributed by atoms with van der Waals surface area (Å²) in [6, 6.07) is 3.82. The van der Waals surface area contributed by atoms with Gasteiger partial charge in [0.1, 0.15) is 23.3 Å². The minimum atomic E-state index is -1.56. The van der Waals surface area contributed by atoms with E-state index in [4.69, 9.17) is 30.5 Å². The van der Waals surface area contributed by atoms with Gasteiger partial charge in [-0.2, -0.15) is 10.2 Å². The number of rotatable bonds is 7. The van der Waals surface area contributed by atoms with Crippen molar-refractivity contribution in [3.63, 3.8) is 0 Å². The molecule has 46 heavy (non-hydrogen) atoms. The zero-order chi connectivity index (χ0) is 33.2. The van der Waals surface area contributed by atoms with Gasteiger partial charge in [0.05, 0.1) is 56.1 Å². The summed E-state index contributed by atoms with van der Waals surface area (Å²) in [6.07, 6.45) is 5.19. The Kier molecular flexibility index (Phi) is 8.86. The molecule has 0 saturated carbocycles. The second-order valence-electron chi connectivity index (χ2n) is 14.3. The maximum absolute atomic E-state index is 13.1. The molecule has 2 unspecified atom stereocenters. The Labute approximate surface area is 279 Å². The van der Waals surface area contributed by atoms with E-state index in [1.165, 1.54) is 0 Å². The van der Waals surface area contributed by atoms with Crippen LogP contribution in [0.3, 0.4) is 0 Å². The predicted octanol–water partition coefficient (Wildman–Crippen LogP) is 4.76. The molecular weight excluding hydrogens is 648 g/mol. The maximum Gasteiger partial charge on any atom is 0.182 e. The topological polar surface area (TPSA) is 129 Å². The van der Waals surface area contributed by atoms with Gasteiger partial charge in [-0.15, -0.1) is 0 Å². The van der Waals surface area contributed by atoms with Crippen LogP contribution in [-0.2, 0) is 44.6 Å². The molecule has 6 rings (SSSR count). The van der Waals surface area contributed by atoms with Crippen molar-refractivity contribution in [3.8, 4) is 5.69 Å². The monoisotopic (exact) mass is 690 g/mol. The van der Waals surface area contributed by atoms with Crippen molar-refractivity contribution in [2.24, 2.45) is 12.5 Å². The molecule has 0 bridgehead atoms. The number of hydrogen-bond acceptors (Lipinski definition) is 9. The van der Waals surface area contributed by atoms with Gasteiger partial charge < -0.3 is 9.64 Å². The fourth-order valence-electron chi connectivity index (χ4n) is 6.13. The van der Waals surface area contributed by atoms with E-state index in [9.17, 15) is 8.42 Å². The largest absolute Gasteiger partial charge is 0.376 e. The average molecular weight is 691 g/mol. The van der Waals surface area contributed by atoms with Crippen molar-refractivity contribution in [2.75, 3.05) is 24.6 Å². The normalized spacial score (nSPS) is 21.9. The molecule has 2 fully saturated rings. The molecule has 0 aliphatic carbocycles. The second kappa shape index (κ2) is 12.2. The van der Waals surface area contributed by atoms with E-state index in [2.05, 4.69) is 26.7 Å². The standard InChI is InChI=1S/C31H43ClN8O4S2/c1-19-26(37-45(41)29(2,3)4)31(18-43-19)11-13-39(14-12-31)27-22(17-44-46(42)30(5,6)7)35-28-21(34-27)15-33-40(28)23-10-9-20-16-38(8)36-25(20)24(23)32/h9-10,15-16,19,26,37H,11-14,17-18H2,1-8H3/t19-,26+,45?,46?/m0/s1. The van der Waals surface area contributed by atoms with E-state index < -0.39 is 26.8 Å². The number of piperidine rings is 1. The highest BCUT2D eigenvalue weighted by molar-refractivity contribution is 7.84. The lowest BCUT2D eigenvalue weighted by Crippen LogP contribution is -2.55. The third kappa shape index (κ3) is 6.24. The van der Waals surface area contributed by atoms with Crippen LogP contribution in [0.4, 0.5) is 5.82 Å². The Morgan fingerprint density at radius 2 is 1.83 bits per heavy atom. The van der Waals surface area contributed by atoms with Gasteiger partial charge in [-0.1, -0.05) is 11.6 Å². The Bertz CT molecular complexity index is 1820. The molecule has 1 spiro atoms. The first-order valence-corrected chi connectivity index (χ1v) is 18.1. The summed E-state index contributed by atoms with van der Waals surface area (Å²) < 4.78 is 43.9. The van der Waals surface area contributed by atoms with Crippen LogP contribution < -0.4 is 9.62 Å². The summed E-state index contributed by atoms with van der Waals surface area (Å²) in [6.45, 7) is 15.6. The molecule has 1 aromatic carbocycles. The SMILES string of the molecule is C[C@@H]1OCC2(CCN(c3nc4cnn(-c5ccc6cn(C)nc6c5Cl)c4nc3COS(=O)C(C)(C)C)CC2)[C@@H]1NS(=O)C(C)(C)C. The fourth-order valence-corrected chi connectivity index (χ4v) is 8.01. The fraction of sp³-hybridized carbons (Fsp3) is 0.613. The Morgan fingerprint density at radius 1 is 1.11 bits per heavy atom. The smallest absolute Gasteiger partial charge is 0.182 e. The Morgan fingerprint density at radius 3 is 2.50 bits per heavy atom. The average Bonchev–Trinajstić information content (AvgIpc) is 3.66. The van der Waals surface area contributed by atoms with Gasteiger partial charge in [-0.05, 0) is 73.4 Å². The molecular formula is C31H43ClN8O4S2. The highest BCUT2D eigenvalue weighted by Crippen LogP contribution is 2.44. The number of nitrogens with one attached hydrogen (secondary N) is 1. The summed E-state index contributed by atoms with van der Waals surface area (Å²) in [5, 5.41) is 10.5. The lowest BCUT2D eigenvalue weighted by atomic mass is 9.73. The number of nitrogens with zero attached hydrogens (tertiary/aromatic N) is 7. The van der Waals surface area contributed by atoms with E-state index in [0.717, 1.165) is 18.2 Å². The lowest BCUT2D eigenvalue weighted by Gasteiger charge is -2.43. The number of halogens is 1. The number of benzene rings is 1. The molecule has 0 radical (unpaired) electrons. The van der Waals surface area contributed by atoms with Gasteiger partial charge in [0.25, 0.3) is 0 Å². The summed E-state index contributed by atoms with van der Waals surface area (Å²) in [7, 11) is 0.642. The number of aromatic nitrogens is 6. The van der Waals surface area contributed by atoms with Crippen LogP contribution >= 0.6 is 11.6 Å². The van der Waals surface area contributed by atoms with Crippen molar-refractivity contribution in [3.05, 3.63) is 35.2 Å². The third-order valence-electron chi connectivity index (χ3n) is 8.80. The van der Waals surface area contributed by atoms with E-state index in [1.54, 1.807) is 15.6 Å². The molecule has 12 nitrogen and oxygen atoms in total. The van der Waals surface area contributed by atoms with E-state index >= 15 is 0 Å². The summed E-state index contributed by atoms with van der Waals surface area (Å²) in [4.78, 5) is 12.3. The maximum atomic E-state index is 13.1. The van der Waals surface area contributed by atoms with Crippen LogP contribution in [0.5, 0.6) is 0 Å². The van der Waals surface area contributed by atoms with Crippen molar-refractivity contribution < 1.29 is 17.3 Å². The second-order valence-corrected chi connectivity index (χ2v) is 18.7.